The smallest absolute Gasteiger partial charge is 0.342 e. The summed E-state index contributed by atoms with van der Waals surface area (Å²) in [4.78, 5) is 37.3. The minimum absolute atomic E-state index is 0.0674. The largest absolute Gasteiger partial charge is 0.423 e. The van der Waals surface area contributed by atoms with Gasteiger partial charge in [-0.25, -0.2) is 9.59 Å². The van der Waals surface area contributed by atoms with Gasteiger partial charge >= 0.3 is 11.9 Å². The van der Waals surface area contributed by atoms with Crippen molar-refractivity contribution in [1.29, 1.82) is 0 Å². The van der Waals surface area contributed by atoms with Crippen LogP contribution in [0.1, 0.15) is 87.1 Å². The third-order valence-electron chi connectivity index (χ3n) is 5.12. The highest BCUT2D eigenvalue weighted by atomic mass is 17.1. The van der Waals surface area contributed by atoms with Gasteiger partial charge in [0.25, 0.3) is 0 Å². The summed E-state index contributed by atoms with van der Waals surface area (Å²) < 4.78 is 4.94. The molecule has 0 atom stereocenters. The minimum atomic E-state index is -0.526. The lowest BCUT2D eigenvalue weighted by Gasteiger charge is -2.03. The fraction of sp³-hybridized carbons (Fsp3) is 0.393. The third kappa shape index (κ3) is 12.7. The topological polar surface area (TPSA) is 89.9 Å². The third-order valence-corrected chi connectivity index (χ3v) is 5.12. The van der Waals surface area contributed by atoms with Gasteiger partial charge in [0.2, 0.25) is 0 Å². The zero-order valence-electron chi connectivity index (χ0n) is 20.0. The zero-order valence-corrected chi connectivity index (χ0v) is 20.0. The van der Waals surface area contributed by atoms with Gasteiger partial charge in [0.15, 0.2) is 5.78 Å². The molecule has 0 bridgehead atoms. The molecule has 0 fully saturated rings. The fourth-order valence-electron chi connectivity index (χ4n) is 3.21. The number of rotatable bonds is 14. The molecule has 1 N–H and O–H groups in total. The summed E-state index contributed by atoms with van der Waals surface area (Å²) in [7, 11) is 0. The van der Waals surface area contributed by atoms with Crippen LogP contribution >= 0.6 is 0 Å². The molecule has 2 aromatic rings. The first-order chi connectivity index (χ1) is 16.5. The highest BCUT2D eigenvalue weighted by molar-refractivity contribution is 6.09. The van der Waals surface area contributed by atoms with Crippen LogP contribution in [0.5, 0.6) is 5.75 Å². The van der Waals surface area contributed by atoms with Crippen LogP contribution in [0.4, 0.5) is 0 Å². The molecule has 0 unspecified atom stereocenters. The Hall–Kier alpha value is -3.25. The van der Waals surface area contributed by atoms with Gasteiger partial charge < -0.3 is 9.62 Å². The SMILES string of the molecule is C=CC(=O)Oc1ccc(C(=O)c2ccccc2)cc1.CCCCCCCCCCCC(=O)OO. The van der Waals surface area contributed by atoms with E-state index < -0.39 is 11.9 Å². The van der Waals surface area contributed by atoms with E-state index in [9.17, 15) is 14.4 Å². The highest BCUT2D eigenvalue weighted by Gasteiger charge is 2.08. The second-order valence-electron chi connectivity index (χ2n) is 7.89. The Labute approximate surface area is 202 Å². The Morgan fingerprint density at radius 3 is 1.85 bits per heavy atom. The number of hydrogen-bond donors (Lipinski definition) is 1. The van der Waals surface area contributed by atoms with Crippen LogP contribution < -0.4 is 4.74 Å². The minimum Gasteiger partial charge on any atom is -0.423 e. The number of esters is 1. The second-order valence-corrected chi connectivity index (χ2v) is 7.89. The maximum Gasteiger partial charge on any atom is 0.342 e. The molecule has 0 aliphatic heterocycles. The summed E-state index contributed by atoms with van der Waals surface area (Å²) in [6.07, 6.45) is 12.4. The maximum absolute atomic E-state index is 12.1. The molecular weight excluding hydrogens is 432 g/mol. The lowest BCUT2D eigenvalue weighted by Crippen LogP contribution is -2.04. The van der Waals surface area contributed by atoms with Crippen molar-refractivity contribution in [3.8, 4) is 5.75 Å². The lowest BCUT2D eigenvalue weighted by atomic mass is 10.0. The lowest BCUT2D eigenvalue weighted by molar-refractivity contribution is -0.234. The van der Waals surface area contributed by atoms with Crippen molar-refractivity contribution < 1.29 is 29.3 Å². The Balaban J connectivity index is 0.000000352. The molecule has 0 aliphatic carbocycles. The number of unbranched alkanes of at least 4 members (excludes halogenated alkanes) is 8. The summed E-state index contributed by atoms with van der Waals surface area (Å²) in [6.45, 7) is 5.54. The van der Waals surface area contributed by atoms with Crippen LogP contribution in [-0.4, -0.2) is 23.0 Å². The molecule has 0 saturated carbocycles. The van der Waals surface area contributed by atoms with Crippen LogP contribution in [0.15, 0.2) is 67.3 Å². The van der Waals surface area contributed by atoms with Crippen molar-refractivity contribution in [2.75, 3.05) is 0 Å². The van der Waals surface area contributed by atoms with Gasteiger partial charge in [-0.2, -0.15) is 5.26 Å². The Morgan fingerprint density at radius 2 is 1.32 bits per heavy atom. The number of hydrogen-bond acceptors (Lipinski definition) is 6. The van der Waals surface area contributed by atoms with E-state index in [4.69, 9.17) is 9.99 Å². The number of benzene rings is 2. The van der Waals surface area contributed by atoms with Crippen LogP contribution in [0.25, 0.3) is 0 Å². The molecule has 6 nitrogen and oxygen atoms in total. The summed E-state index contributed by atoms with van der Waals surface area (Å²) in [6, 6.07) is 15.4. The van der Waals surface area contributed by atoms with Crippen molar-refractivity contribution in [1.82, 2.24) is 0 Å². The van der Waals surface area contributed by atoms with Crippen LogP contribution in [-0.2, 0) is 14.5 Å². The Kier molecular flexibility index (Phi) is 15.4. The number of carbonyl (C=O) groups excluding carboxylic acids is 3. The van der Waals surface area contributed by atoms with Crippen molar-refractivity contribution in [2.45, 2.75) is 71.1 Å². The van der Waals surface area contributed by atoms with E-state index in [1.54, 1.807) is 36.4 Å². The summed E-state index contributed by atoms with van der Waals surface area (Å²) in [5, 5.41) is 8.01. The standard InChI is InChI=1S/C16H12O3.C12H24O3/c1-2-15(17)19-14-10-8-13(9-11-14)16(18)12-6-4-3-5-7-12;1-2-3-4-5-6-7-8-9-10-11-12(13)15-14/h2-11H,1H2;14H,2-11H2,1H3. The number of ether oxygens (including phenoxy) is 1. The van der Waals surface area contributed by atoms with E-state index in [0.29, 0.717) is 23.3 Å². The molecule has 0 aliphatic rings. The van der Waals surface area contributed by atoms with Crippen molar-refractivity contribution in [2.24, 2.45) is 0 Å². The van der Waals surface area contributed by atoms with Gasteiger partial charge in [0, 0.05) is 23.6 Å². The fourth-order valence-corrected chi connectivity index (χ4v) is 3.21. The van der Waals surface area contributed by atoms with Crippen LogP contribution in [0.3, 0.4) is 0 Å². The van der Waals surface area contributed by atoms with Gasteiger partial charge in [-0.3, -0.25) is 4.79 Å². The Bertz CT molecular complexity index is 858. The molecule has 2 aromatic carbocycles. The van der Waals surface area contributed by atoms with Gasteiger partial charge in [-0.1, -0.05) is 95.2 Å². The summed E-state index contributed by atoms with van der Waals surface area (Å²) in [5.41, 5.74) is 1.17. The quantitative estimate of drug-likeness (QED) is 0.0615. The van der Waals surface area contributed by atoms with E-state index in [0.717, 1.165) is 18.9 Å². The van der Waals surface area contributed by atoms with E-state index in [2.05, 4.69) is 18.4 Å². The van der Waals surface area contributed by atoms with Gasteiger partial charge in [0.1, 0.15) is 5.75 Å². The van der Waals surface area contributed by atoms with Crippen LogP contribution in [0, 0.1) is 0 Å². The van der Waals surface area contributed by atoms with Crippen molar-refractivity contribution in [3.05, 3.63) is 78.4 Å². The van der Waals surface area contributed by atoms with Crippen molar-refractivity contribution in [3.63, 3.8) is 0 Å². The van der Waals surface area contributed by atoms with Crippen LogP contribution in [0.2, 0.25) is 0 Å². The number of ketones is 1. The molecule has 34 heavy (non-hydrogen) atoms. The summed E-state index contributed by atoms with van der Waals surface area (Å²) >= 11 is 0. The van der Waals surface area contributed by atoms with Gasteiger partial charge in [-0.05, 0) is 30.7 Å². The van der Waals surface area contributed by atoms with E-state index in [-0.39, 0.29) is 5.78 Å². The molecule has 0 heterocycles. The second kappa shape index (κ2) is 18.2. The average molecular weight is 469 g/mol. The first-order valence-electron chi connectivity index (χ1n) is 11.9. The normalized spacial score (nSPS) is 9.94. The molecule has 0 aromatic heterocycles. The number of carbonyl (C=O) groups is 3. The predicted octanol–water partition coefficient (Wildman–Crippen LogP) is 6.93. The molecule has 0 radical (unpaired) electrons. The van der Waals surface area contributed by atoms with Gasteiger partial charge in [0.05, 0.1) is 0 Å². The molecule has 0 saturated heterocycles. The maximum atomic E-state index is 12.1. The molecular formula is C28H36O6. The monoisotopic (exact) mass is 468 g/mol. The van der Waals surface area contributed by atoms with E-state index in [1.165, 1.54) is 44.9 Å². The highest BCUT2D eigenvalue weighted by Crippen LogP contribution is 2.16. The molecule has 0 spiro atoms. The molecule has 184 valence electrons. The Morgan fingerprint density at radius 1 is 0.794 bits per heavy atom. The van der Waals surface area contributed by atoms with E-state index in [1.807, 2.05) is 18.2 Å². The van der Waals surface area contributed by atoms with Crippen molar-refractivity contribution >= 4 is 17.7 Å². The molecule has 2 rings (SSSR count). The first kappa shape index (κ1) is 28.8. The zero-order chi connectivity index (χ0) is 25.0. The predicted molar refractivity (Wildman–Crippen MR) is 133 cm³/mol. The molecule has 0 amide bonds. The van der Waals surface area contributed by atoms with Gasteiger partial charge in [-0.15, -0.1) is 0 Å². The summed E-state index contributed by atoms with van der Waals surface area (Å²) in [5.74, 6) is -0.725. The molecule has 6 heteroatoms. The van der Waals surface area contributed by atoms with E-state index >= 15 is 0 Å². The first-order valence-corrected chi connectivity index (χ1v) is 11.9. The average Bonchev–Trinajstić information content (AvgIpc) is 2.88.